The maximum Gasteiger partial charge on any atom is 0.253 e. The highest BCUT2D eigenvalue weighted by atomic mass is 19.1. The third kappa shape index (κ3) is 4.00. The number of nitrogens with zero attached hydrogens (tertiary/aromatic N) is 2. The first-order chi connectivity index (χ1) is 14.4. The average molecular weight is 404 g/mol. The second-order valence-corrected chi connectivity index (χ2v) is 7.39. The highest BCUT2D eigenvalue weighted by Crippen LogP contribution is 2.31. The van der Waals surface area contributed by atoms with Crippen molar-refractivity contribution in [3.8, 4) is 5.69 Å². The molecule has 152 valence electrons. The Hall–Kier alpha value is -3.74. The van der Waals surface area contributed by atoms with Crippen LogP contribution in [0.15, 0.2) is 66.6 Å². The van der Waals surface area contributed by atoms with Crippen LogP contribution in [-0.4, -0.2) is 21.6 Å². The number of anilines is 1. The molecular weight excluding hydrogens is 383 g/mol. The molecule has 0 radical (unpaired) electrons. The molecule has 1 aliphatic heterocycles. The van der Waals surface area contributed by atoms with Gasteiger partial charge >= 0.3 is 0 Å². The van der Waals surface area contributed by atoms with Gasteiger partial charge in [-0.1, -0.05) is 18.2 Å². The number of carbonyl (C=O) groups excluding carboxylic acids is 2. The number of carbonyl (C=O) groups is 2. The molecule has 0 saturated carbocycles. The molecule has 0 aliphatic carbocycles. The first-order valence-electron chi connectivity index (χ1n) is 9.59. The number of nitrogens with one attached hydrogen (secondary N) is 2. The number of halogens is 1. The van der Waals surface area contributed by atoms with Crippen molar-refractivity contribution in [2.75, 3.05) is 5.32 Å². The minimum Gasteiger partial charge on any atom is -0.332 e. The van der Waals surface area contributed by atoms with Crippen LogP contribution in [0, 0.1) is 19.7 Å². The highest BCUT2D eigenvalue weighted by Gasteiger charge is 2.29. The summed E-state index contributed by atoms with van der Waals surface area (Å²) in [4.78, 5) is 25.0. The predicted molar refractivity (Wildman–Crippen MR) is 112 cm³/mol. The molecule has 0 spiro atoms. The Labute approximate surface area is 173 Å². The lowest BCUT2D eigenvalue weighted by Gasteiger charge is -2.24. The van der Waals surface area contributed by atoms with Gasteiger partial charge in [-0.25, -0.2) is 9.07 Å². The Morgan fingerprint density at radius 3 is 2.67 bits per heavy atom. The average Bonchev–Trinajstić information content (AvgIpc) is 3.16. The quantitative estimate of drug-likeness (QED) is 0.695. The Kier molecular flexibility index (Phi) is 5.18. The van der Waals surface area contributed by atoms with Crippen molar-refractivity contribution < 1.29 is 14.0 Å². The van der Waals surface area contributed by atoms with Gasteiger partial charge in [-0.15, -0.1) is 0 Å². The van der Waals surface area contributed by atoms with Crippen LogP contribution in [0.1, 0.15) is 29.0 Å². The highest BCUT2D eigenvalue weighted by molar-refractivity contribution is 6.06. The lowest BCUT2D eigenvalue weighted by Crippen LogP contribution is -2.32. The Bertz CT molecular complexity index is 1150. The van der Waals surface area contributed by atoms with Gasteiger partial charge in [-0.05, 0) is 54.8 Å². The SMILES string of the molecule is Cc1cnn(-c2ccc(C)c(NC(=O)C3=CNC(=O)CC3c3ccc(F)cc3)c2)c1. The van der Waals surface area contributed by atoms with Gasteiger partial charge in [0.15, 0.2) is 0 Å². The Morgan fingerprint density at radius 1 is 1.20 bits per heavy atom. The normalized spacial score (nSPS) is 16.0. The number of hydrogen-bond donors (Lipinski definition) is 2. The summed E-state index contributed by atoms with van der Waals surface area (Å²) in [6, 6.07) is 11.6. The van der Waals surface area contributed by atoms with E-state index < -0.39 is 5.92 Å². The zero-order chi connectivity index (χ0) is 21.3. The molecule has 3 aromatic rings. The third-order valence-corrected chi connectivity index (χ3v) is 5.13. The van der Waals surface area contributed by atoms with E-state index in [4.69, 9.17) is 0 Å². The smallest absolute Gasteiger partial charge is 0.253 e. The predicted octanol–water partition coefficient (Wildman–Crippen LogP) is 3.75. The molecule has 2 heterocycles. The van der Waals surface area contributed by atoms with E-state index in [1.54, 1.807) is 23.0 Å². The largest absolute Gasteiger partial charge is 0.332 e. The number of aryl methyl sites for hydroxylation is 2. The van der Waals surface area contributed by atoms with Gasteiger partial charge in [-0.3, -0.25) is 9.59 Å². The van der Waals surface area contributed by atoms with Gasteiger partial charge in [0.2, 0.25) is 5.91 Å². The molecule has 1 atom stereocenters. The van der Waals surface area contributed by atoms with E-state index in [0.29, 0.717) is 16.8 Å². The zero-order valence-electron chi connectivity index (χ0n) is 16.6. The molecule has 2 aromatic carbocycles. The van der Waals surface area contributed by atoms with Crippen molar-refractivity contribution >= 4 is 17.5 Å². The summed E-state index contributed by atoms with van der Waals surface area (Å²) < 4.78 is 15.1. The monoisotopic (exact) mass is 404 g/mol. The van der Waals surface area contributed by atoms with Crippen molar-refractivity contribution in [1.82, 2.24) is 15.1 Å². The van der Waals surface area contributed by atoms with Crippen LogP contribution < -0.4 is 10.6 Å². The number of aromatic nitrogens is 2. The van der Waals surface area contributed by atoms with Gasteiger partial charge in [-0.2, -0.15) is 5.10 Å². The van der Waals surface area contributed by atoms with E-state index in [1.807, 2.05) is 38.2 Å². The van der Waals surface area contributed by atoms with Crippen LogP contribution in [-0.2, 0) is 9.59 Å². The van der Waals surface area contributed by atoms with Crippen molar-refractivity contribution in [2.45, 2.75) is 26.2 Å². The summed E-state index contributed by atoms with van der Waals surface area (Å²) in [5.74, 6) is -1.32. The van der Waals surface area contributed by atoms with E-state index in [9.17, 15) is 14.0 Å². The van der Waals surface area contributed by atoms with Gasteiger partial charge in [0, 0.05) is 36.0 Å². The minimum atomic E-state index is -0.448. The minimum absolute atomic E-state index is 0.121. The summed E-state index contributed by atoms with van der Waals surface area (Å²) in [5, 5.41) is 9.87. The molecule has 4 rings (SSSR count). The number of amides is 2. The topological polar surface area (TPSA) is 76.0 Å². The molecule has 0 fully saturated rings. The summed E-state index contributed by atoms with van der Waals surface area (Å²) in [5.41, 5.74) is 4.54. The fourth-order valence-electron chi connectivity index (χ4n) is 3.47. The van der Waals surface area contributed by atoms with Gasteiger partial charge in [0.05, 0.1) is 11.9 Å². The van der Waals surface area contributed by atoms with Gasteiger partial charge < -0.3 is 10.6 Å². The van der Waals surface area contributed by atoms with Crippen LogP contribution in [0.4, 0.5) is 10.1 Å². The van der Waals surface area contributed by atoms with Crippen LogP contribution in [0.3, 0.4) is 0 Å². The molecule has 7 heteroatoms. The molecule has 30 heavy (non-hydrogen) atoms. The molecule has 2 N–H and O–H groups in total. The molecule has 1 aliphatic rings. The lowest BCUT2D eigenvalue weighted by atomic mass is 9.86. The second kappa shape index (κ2) is 7.94. The standard InChI is InChI=1S/C23H21FN4O2/c1-14-11-26-28(13-14)18-8-3-15(2)21(9-18)27-23(30)20-12-25-22(29)10-19(20)16-4-6-17(24)7-5-16/h3-9,11-13,19H,10H2,1-2H3,(H,25,29)(H,27,30). The fraction of sp³-hybridized carbons (Fsp3) is 0.174. The molecule has 6 nitrogen and oxygen atoms in total. The molecule has 0 bridgehead atoms. The molecule has 0 saturated heterocycles. The third-order valence-electron chi connectivity index (χ3n) is 5.13. The van der Waals surface area contributed by atoms with E-state index in [2.05, 4.69) is 15.7 Å². The van der Waals surface area contributed by atoms with E-state index >= 15 is 0 Å². The van der Waals surface area contributed by atoms with E-state index in [1.165, 1.54) is 18.3 Å². The molecule has 2 amide bonds. The number of hydrogen-bond acceptors (Lipinski definition) is 3. The van der Waals surface area contributed by atoms with Crippen LogP contribution in [0.25, 0.3) is 5.69 Å². The van der Waals surface area contributed by atoms with Crippen LogP contribution in [0.2, 0.25) is 0 Å². The van der Waals surface area contributed by atoms with Crippen molar-refractivity contribution in [3.63, 3.8) is 0 Å². The summed E-state index contributed by atoms with van der Waals surface area (Å²) >= 11 is 0. The Balaban J connectivity index is 1.62. The van der Waals surface area contributed by atoms with E-state index in [-0.39, 0.29) is 24.1 Å². The maximum absolute atomic E-state index is 13.3. The summed E-state index contributed by atoms with van der Waals surface area (Å²) in [6.45, 7) is 3.86. The van der Waals surface area contributed by atoms with Crippen LogP contribution in [0.5, 0.6) is 0 Å². The number of rotatable bonds is 4. The summed E-state index contributed by atoms with van der Waals surface area (Å²) in [6.07, 6.45) is 5.22. The first kappa shape index (κ1) is 19.6. The van der Waals surface area contributed by atoms with Gasteiger partial charge in [0.25, 0.3) is 5.91 Å². The van der Waals surface area contributed by atoms with Crippen molar-refractivity contribution in [2.24, 2.45) is 0 Å². The second-order valence-electron chi connectivity index (χ2n) is 7.39. The zero-order valence-corrected chi connectivity index (χ0v) is 16.6. The molecule has 1 unspecified atom stereocenters. The number of benzene rings is 2. The van der Waals surface area contributed by atoms with Crippen LogP contribution >= 0.6 is 0 Å². The van der Waals surface area contributed by atoms with E-state index in [0.717, 1.165) is 16.8 Å². The first-order valence-corrected chi connectivity index (χ1v) is 9.59. The molecular formula is C23H21FN4O2. The maximum atomic E-state index is 13.3. The fourth-order valence-corrected chi connectivity index (χ4v) is 3.47. The summed E-state index contributed by atoms with van der Waals surface area (Å²) in [7, 11) is 0. The lowest BCUT2D eigenvalue weighted by molar-refractivity contribution is -0.121. The van der Waals surface area contributed by atoms with Gasteiger partial charge in [0.1, 0.15) is 5.82 Å². The van der Waals surface area contributed by atoms with Crippen molar-refractivity contribution in [3.05, 3.63) is 89.1 Å². The van der Waals surface area contributed by atoms with Crippen molar-refractivity contribution in [1.29, 1.82) is 0 Å². The molecule has 1 aromatic heterocycles. The Morgan fingerprint density at radius 2 is 1.97 bits per heavy atom.